The molecule has 0 aliphatic carbocycles. The van der Waals surface area contributed by atoms with Gasteiger partial charge < -0.3 is 20.8 Å². The molecule has 0 bridgehead atoms. The lowest BCUT2D eigenvalue weighted by atomic mass is 10.1. The summed E-state index contributed by atoms with van der Waals surface area (Å²) >= 11 is 0. The SMILES string of the molecule is O=C(O)c1ccccc1Nc1cc(F)c(F)cc1Nc1ccccc1C(=O)O. The predicted molar refractivity (Wildman–Crippen MR) is 99.7 cm³/mol. The zero-order valence-corrected chi connectivity index (χ0v) is 14.2. The van der Waals surface area contributed by atoms with Gasteiger partial charge in [-0.3, -0.25) is 0 Å². The second kappa shape index (κ2) is 7.75. The monoisotopic (exact) mass is 384 g/mol. The van der Waals surface area contributed by atoms with Crippen LogP contribution in [-0.4, -0.2) is 22.2 Å². The Balaban J connectivity index is 2.06. The Hall–Kier alpha value is -3.94. The Kier molecular flexibility index (Phi) is 5.21. The van der Waals surface area contributed by atoms with Gasteiger partial charge in [0.2, 0.25) is 0 Å². The summed E-state index contributed by atoms with van der Waals surface area (Å²) in [6.45, 7) is 0. The summed E-state index contributed by atoms with van der Waals surface area (Å²) < 4.78 is 27.6. The van der Waals surface area contributed by atoms with E-state index in [0.717, 1.165) is 12.1 Å². The summed E-state index contributed by atoms with van der Waals surface area (Å²) in [4.78, 5) is 22.7. The maximum absolute atomic E-state index is 13.8. The van der Waals surface area contributed by atoms with Gasteiger partial charge in [-0.1, -0.05) is 24.3 Å². The first kappa shape index (κ1) is 18.8. The number of aromatic carboxylic acids is 2. The molecule has 6 nitrogen and oxygen atoms in total. The Labute approximate surface area is 158 Å². The molecule has 0 fully saturated rings. The Morgan fingerprint density at radius 3 is 1.36 bits per heavy atom. The molecular weight excluding hydrogens is 370 g/mol. The van der Waals surface area contributed by atoms with Crippen molar-refractivity contribution in [1.82, 2.24) is 0 Å². The van der Waals surface area contributed by atoms with Crippen LogP contribution in [0.25, 0.3) is 0 Å². The minimum Gasteiger partial charge on any atom is -0.478 e. The molecule has 0 aliphatic heterocycles. The van der Waals surface area contributed by atoms with Crippen molar-refractivity contribution in [2.24, 2.45) is 0 Å². The smallest absolute Gasteiger partial charge is 0.337 e. The first-order chi connectivity index (χ1) is 13.4. The van der Waals surface area contributed by atoms with E-state index in [4.69, 9.17) is 0 Å². The van der Waals surface area contributed by atoms with Crippen molar-refractivity contribution >= 4 is 34.7 Å². The molecule has 0 heterocycles. The molecular formula is C20H14F2N2O4. The maximum Gasteiger partial charge on any atom is 0.337 e. The third-order valence-corrected chi connectivity index (χ3v) is 3.91. The highest BCUT2D eigenvalue weighted by atomic mass is 19.2. The molecule has 0 aliphatic rings. The van der Waals surface area contributed by atoms with Gasteiger partial charge >= 0.3 is 11.9 Å². The zero-order chi connectivity index (χ0) is 20.3. The maximum atomic E-state index is 13.8. The van der Waals surface area contributed by atoms with Crippen LogP contribution < -0.4 is 10.6 Å². The van der Waals surface area contributed by atoms with Gasteiger partial charge in [-0.15, -0.1) is 0 Å². The van der Waals surface area contributed by atoms with E-state index in [1.807, 2.05) is 0 Å². The van der Waals surface area contributed by atoms with Gasteiger partial charge in [0.05, 0.1) is 33.9 Å². The van der Waals surface area contributed by atoms with E-state index < -0.39 is 23.6 Å². The highest BCUT2D eigenvalue weighted by molar-refractivity contribution is 5.97. The number of carboxylic acids is 2. The number of nitrogens with one attached hydrogen (secondary N) is 2. The fourth-order valence-corrected chi connectivity index (χ4v) is 2.60. The normalized spacial score (nSPS) is 10.4. The van der Waals surface area contributed by atoms with Gasteiger partial charge in [0.1, 0.15) is 0 Å². The summed E-state index contributed by atoms with van der Waals surface area (Å²) in [5.41, 5.74) is 0.264. The number of hydrogen-bond donors (Lipinski definition) is 4. The molecule has 0 aromatic heterocycles. The van der Waals surface area contributed by atoms with Crippen molar-refractivity contribution in [3.63, 3.8) is 0 Å². The Morgan fingerprint density at radius 2 is 1.00 bits per heavy atom. The van der Waals surface area contributed by atoms with Crippen LogP contribution in [-0.2, 0) is 0 Å². The van der Waals surface area contributed by atoms with Crippen molar-refractivity contribution < 1.29 is 28.6 Å². The van der Waals surface area contributed by atoms with Gasteiger partial charge in [0.15, 0.2) is 11.6 Å². The third kappa shape index (κ3) is 3.90. The van der Waals surface area contributed by atoms with E-state index >= 15 is 0 Å². The summed E-state index contributed by atoms with van der Waals surface area (Å²) in [6.07, 6.45) is 0. The van der Waals surface area contributed by atoms with E-state index in [-0.39, 0.29) is 33.9 Å². The van der Waals surface area contributed by atoms with Crippen LogP contribution in [0.15, 0.2) is 60.7 Å². The van der Waals surface area contributed by atoms with Crippen molar-refractivity contribution in [3.8, 4) is 0 Å². The molecule has 0 unspecified atom stereocenters. The summed E-state index contributed by atoms with van der Waals surface area (Å²) in [5, 5.41) is 24.1. The molecule has 3 aromatic rings. The zero-order valence-electron chi connectivity index (χ0n) is 14.2. The number of hydrogen-bond acceptors (Lipinski definition) is 4. The van der Waals surface area contributed by atoms with Gasteiger partial charge in [-0.05, 0) is 24.3 Å². The summed E-state index contributed by atoms with van der Waals surface area (Å²) in [7, 11) is 0. The first-order valence-electron chi connectivity index (χ1n) is 8.04. The van der Waals surface area contributed by atoms with Gasteiger partial charge in [-0.2, -0.15) is 0 Å². The molecule has 0 atom stereocenters. The fourth-order valence-electron chi connectivity index (χ4n) is 2.60. The second-order valence-corrected chi connectivity index (χ2v) is 5.76. The Morgan fingerprint density at radius 1 is 0.643 bits per heavy atom. The lowest BCUT2D eigenvalue weighted by Gasteiger charge is -2.17. The quantitative estimate of drug-likeness (QED) is 0.485. The molecule has 142 valence electrons. The van der Waals surface area contributed by atoms with Crippen LogP contribution in [0.2, 0.25) is 0 Å². The van der Waals surface area contributed by atoms with Crippen molar-refractivity contribution in [3.05, 3.63) is 83.4 Å². The van der Waals surface area contributed by atoms with Crippen LogP contribution >= 0.6 is 0 Å². The number of carboxylic acid groups (broad SMARTS) is 2. The number of benzene rings is 3. The lowest BCUT2D eigenvalue weighted by molar-refractivity contribution is 0.0687. The van der Waals surface area contributed by atoms with Gasteiger partial charge in [0, 0.05) is 12.1 Å². The van der Waals surface area contributed by atoms with Gasteiger partial charge in [0.25, 0.3) is 0 Å². The van der Waals surface area contributed by atoms with Crippen LogP contribution in [0, 0.1) is 11.6 Å². The summed E-state index contributed by atoms with van der Waals surface area (Å²) in [6, 6.07) is 13.6. The van der Waals surface area contributed by atoms with Crippen LogP contribution in [0.4, 0.5) is 31.5 Å². The molecule has 3 rings (SSSR count). The minimum absolute atomic E-state index is 0.0350. The second-order valence-electron chi connectivity index (χ2n) is 5.76. The minimum atomic E-state index is -1.20. The van der Waals surface area contributed by atoms with E-state index in [1.165, 1.54) is 36.4 Å². The number of halogens is 2. The lowest BCUT2D eigenvalue weighted by Crippen LogP contribution is -2.07. The van der Waals surface area contributed by atoms with Crippen LogP contribution in [0.1, 0.15) is 20.7 Å². The fraction of sp³-hybridized carbons (Fsp3) is 0. The van der Waals surface area contributed by atoms with Crippen molar-refractivity contribution in [2.75, 3.05) is 10.6 Å². The molecule has 3 aromatic carbocycles. The van der Waals surface area contributed by atoms with Crippen molar-refractivity contribution in [1.29, 1.82) is 0 Å². The van der Waals surface area contributed by atoms with E-state index in [1.54, 1.807) is 12.1 Å². The largest absolute Gasteiger partial charge is 0.478 e. The average molecular weight is 384 g/mol. The molecule has 0 saturated carbocycles. The average Bonchev–Trinajstić information content (AvgIpc) is 2.66. The number of carbonyl (C=O) groups is 2. The van der Waals surface area contributed by atoms with E-state index in [2.05, 4.69) is 10.6 Å². The van der Waals surface area contributed by atoms with Gasteiger partial charge in [-0.25, -0.2) is 18.4 Å². The van der Waals surface area contributed by atoms with E-state index in [0.29, 0.717) is 0 Å². The highest BCUT2D eigenvalue weighted by Crippen LogP contribution is 2.33. The van der Waals surface area contributed by atoms with E-state index in [9.17, 15) is 28.6 Å². The summed E-state index contributed by atoms with van der Waals surface area (Å²) in [5.74, 6) is -4.69. The molecule has 0 radical (unpaired) electrons. The molecule has 0 spiro atoms. The van der Waals surface area contributed by atoms with Crippen molar-refractivity contribution in [2.45, 2.75) is 0 Å². The Bertz CT molecular complexity index is 985. The highest BCUT2D eigenvalue weighted by Gasteiger charge is 2.16. The molecule has 4 N–H and O–H groups in total. The van der Waals surface area contributed by atoms with Crippen LogP contribution in [0.5, 0.6) is 0 Å². The molecule has 28 heavy (non-hydrogen) atoms. The topological polar surface area (TPSA) is 98.7 Å². The predicted octanol–water partition coefficient (Wildman–Crippen LogP) is 4.85. The third-order valence-electron chi connectivity index (χ3n) is 3.91. The standard InChI is InChI=1S/C20H14F2N2O4/c21-13-9-17(23-15-7-3-1-5-11(15)19(25)26)18(10-14(13)22)24-16-8-4-2-6-12(16)20(27)28/h1-10,23-24H,(H,25,26)(H,27,28). The molecule has 8 heteroatoms. The first-order valence-corrected chi connectivity index (χ1v) is 8.04. The van der Waals surface area contributed by atoms with Crippen LogP contribution in [0.3, 0.4) is 0 Å². The number of anilines is 4. The number of rotatable bonds is 6. The molecule has 0 amide bonds. The molecule has 0 saturated heterocycles. The number of para-hydroxylation sites is 2.